The van der Waals surface area contributed by atoms with Gasteiger partial charge in [0.05, 0.1) is 17.1 Å². The quantitative estimate of drug-likeness (QED) is 0.727. The van der Waals surface area contributed by atoms with Gasteiger partial charge in [0, 0.05) is 23.2 Å². The van der Waals surface area contributed by atoms with Gasteiger partial charge in [-0.1, -0.05) is 5.16 Å². The Balaban J connectivity index is 1.67. The van der Waals surface area contributed by atoms with Crippen molar-refractivity contribution in [1.82, 2.24) is 15.5 Å². The molecule has 24 heavy (non-hydrogen) atoms. The highest BCUT2D eigenvalue weighted by atomic mass is 32.1. The summed E-state index contributed by atoms with van der Waals surface area (Å²) in [7, 11) is 0. The number of aryl methyl sites for hydroxylation is 1. The first-order valence-electron chi connectivity index (χ1n) is 7.05. The Kier molecular flexibility index (Phi) is 4.72. The Labute approximate surface area is 145 Å². The van der Waals surface area contributed by atoms with E-state index in [0.717, 1.165) is 15.4 Å². The van der Waals surface area contributed by atoms with Gasteiger partial charge < -0.3 is 9.84 Å². The third-order valence-electron chi connectivity index (χ3n) is 3.01. The highest BCUT2D eigenvalue weighted by Gasteiger charge is 2.14. The Morgan fingerprint density at radius 3 is 2.88 bits per heavy atom. The van der Waals surface area contributed by atoms with E-state index in [4.69, 9.17) is 4.52 Å². The third kappa shape index (κ3) is 3.87. The molecule has 7 nitrogen and oxygen atoms in total. The molecule has 3 aromatic heterocycles. The summed E-state index contributed by atoms with van der Waals surface area (Å²) >= 11 is 2.89. The van der Waals surface area contributed by atoms with Crippen molar-refractivity contribution in [3.8, 4) is 10.6 Å². The maximum atomic E-state index is 12.0. The number of amides is 2. The standard InChI is InChI=1S/C15H14N4O3S2/c1-8-5-11(19-22-8)14(21)18-15-17-12(7-23-15)13-4-3-10(24-13)6-16-9(2)20/h3-5,7H,6H2,1-2H3,(H,16,20)(H,17,18,21). The number of carbonyl (C=O) groups is 2. The van der Waals surface area contributed by atoms with Crippen LogP contribution in [0, 0.1) is 6.92 Å². The minimum Gasteiger partial charge on any atom is -0.361 e. The first-order valence-corrected chi connectivity index (χ1v) is 8.74. The predicted molar refractivity (Wildman–Crippen MR) is 92.1 cm³/mol. The van der Waals surface area contributed by atoms with Gasteiger partial charge in [-0.25, -0.2) is 4.98 Å². The van der Waals surface area contributed by atoms with Crippen molar-refractivity contribution in [1.29, 1.82) is 0 Å². The SMILES string of the molecule is CC(=O)NCc1ccc(-c2csc(NC(=O)c3cc(C)on3)n2)s1. The third-order valence-corrected chi connectivity index (χ3v) is 4.88. The number of carbonyl (C=O) groups excluding carboxylic acids is 2. The van der Waals surface area contributed by atoms with Crippen molar-refractivity contribution in [2.24, 2.45) is 0 Å². The van der Waals surface area contributed by atoms with E-state index >= 15 is 0 Å². The molecular formula is C15H14N4O3S2. The molecule has 124 valence electrons. The van der Waals surface area contributed by atoms with Crippen molar-refractivity contribution in [3.05, 3.63) is 39.9 Å². The Hall–Kier alpha value is -2.52. The summed E-state index contributed by atoms with van der Waals surface area (Å²) in [6.07, 6.45) is 0. The van der Waals surface area contributed by atoms with Crippen LogP contribution in [0.25, 0.3) is 10.6 Å². The van der Waals surface area contributed by atoms with Crippen molar-refractivity contribution < 1.29 is 14.1 Å². The fourth-order valence-corrected chi connectivity index (χ4v) is 3.59. The summed E-state index contributed by atoms with van der Waals surface area (Å²) in [6.45, 7) is 3.71. The fourth-order valence-electron chi connectivity index (χ4n) is 1.90. The molecule has 9 heteroatoms. The smallest absolute Gasteiger partial charge is 0.279 e. The van der Waals surface area contributed by atoms with Gasteiger partial charge in [0.15, 0.2) is 10.8 Å². The van der Waals surface area contributed by atoms with Crippen LogP contribution in [-0.4, -0.2) is 22.0 Å². The topological polar surface area (TPSA) is 97.1 Å². The van der Waals surface area contributed by atoms with E-state index in [2.05, 4.69) is 20.8 Å². The predicted octanol–water partition coefficient (Wildman–Crippen LogP) is 3.06. The van der Waals surface area contributed by atoms with E-state index in [1.807, 2.05) is 17.5 Å². The van der Waals surface area contributed by atoms with Gasteiger partial charge in [0.2, 0.25) is 5.91 Å². The number of nitrogens with one attached hydrogen (secondary N) is 2. The lowest BCUT2D eigenvalue weighted by atomic mass is 10.3. The molecule has 0 aliphatic heterocycles. The molecule has 0 aromatic carbocycles. The second kappa shape index (κ2) is 6.93. The largest absolute Gasteiger partial charge is 0.361 e. The maximum absolute atomic E-state index is 12.0. The van der Waals surface area contributed by atoms with Gasteiger partial charge in [-0.15, -0.1) is 22.7 Å². The normalized spacial score (nSPS) is 10.6. The minimum absolute atomic E-state index is 0.0632. The van der Waals surface area contributed by atoms with Crippen molar-refractivity contribution in [2.45, 2.75) is 20.4 Å². The molecule has 2 N–H and O–H groups in total. The molecule has 0 saturated heterocycles. The number of rotatable bonds is 5. The molecule has 3 rings (SSSR count). The molecule has 0 radical (unpaired) electrons. The molecule has 0 atom stereocenters. The van der Waals surface area contributed by atoms with Gasteiger partial charge in [-0.2, -0.15) is 0 Å². The van der Waals surface area contributed by atoms with Crippen LogP contribution in [0.5, 0.6) is 0 Å². The van der Waals surface area contributed by atoms with E-state index in [0.29, 0.717) is 17.4 Å². The zero-order valence-electron chi connectivity index (χ0n) is 13.0. The van der Waals surface area contributed by atoms with Crippen LogP contribution in [0.1, 0.15) is 28.0 Å². The summed E-state index contributed by atoms with van der Waals surface area (Å²) < 4.78 is 4.88. The number of thiazole rings is 1. The number of aromatic nitrogens is 2. The highest BCUT2D eigenvalue weighted by Crippen LogP contribution is 2.30. The second-order valence-electron chi connectivity index (χ2n) is 4.99. The zero-order chi connectivity index (χ0) is 17.1. The number of anilines is 1. The first kappa shape index (κ1) is 16.3. The van der Waals surface area contributed by atoms with E-state index in [-0.39, 0.29) is 17.5 Å². The molecule has 3 heterocycles. The molecule has 0 unspecified atom stereocenters. The van der Waals surface area contributed by atoms with Crippen LogP contribution >= 0.6 is 22.7 Å². The van der Waals surface area contributed by atoms with Crippen LogP contribution in [0.2, 0.25) is 0 Å². The number of hydrogen-bond donors (Lipinski definition) is 2. The molecule has 3 aromatic rings. The summed E-state index contributed by atoms with van der Waals surface area (Å²) in [6, 6.07) is 5.46. The van der Waals surface area contributed by atoms with Gasteiger partial charge in [-0.3, -0.25) is 14.9 Å². The Morgan fingerprint density at radius 2 is 2.17 bits per heavy atom. The summed E-state index contributed by atoms with van der Waals surface area (Å²) in [5, 5.41) is 11.5. The number of hydrogen-bond acceptors (Lipinski definition) is 7. The van der Waals surface area contributed by atoms with Gasteiger partial charge >= 0.3 is 0 Å². The molecule has 0 fully saturated rings. The van der Waals surface area contributed by atoms with Gasteiger partial charge in [0.25, 0.3) is 5.91 Å². The van der Waals surface area contributed by atoms with E-state index in [1.165, 1.54) is 18.3 Å². The second-order valence-corrected chi connectivity index (χ2v) is 7.02. The monoisotopic (exact) mass is 362 g/mol. The van der Waals surface area contributed by atoms with Crippen molar-refractivity contribution in [3.63, 3.8) is 0 Å². The van der Waals surface area contributed by atoms with Crippen molar-refractivity contribution in [2.75, 3.05) is 5.32 Å². The molecule has 0 aliphatic rings. The van der Waals surface area contributed by atoms with E-state index < -0.39 is 0 Å². The lowest BCUT2D eigenvalue weighted by Gasteiger charge is -1.97. The van der Waals surface area contributed by atoms with E-state index in [9.17, 15) is 9.59 Å². The van der Waals surface area contributed by atoms with Gasteiger partial charge in [0.1, 0.15) is 5.76 Å². The van der Waals surface area contributed by atoms with Crippen LogP contribution in [-0.2, 0) is 11.3 Å². The summed E-state index contributed by atoms with van der Waals surface area (Å²) in [5.41, 5.74) is 1.00. The Bertz CT molecular complexity index is 881. The van der Waals surface area contributed by atoms with Crippen LogP contribution in [0.15, 0.2) is 28.1 Å². The number of nitrogens with zero attached hydrogens (tertiary/aromatic N) is 2. The summed E-state index contributed by atoms with van der Waals surface area (Å²) in [4.78, 5) is 29.4. The van der Waals surface area contributed by atoms with Gasteiger partial charge in [-0.05, 0) is 19.1 Å². The highest BCUT2D eigenvalue weighted by molar-refractivity contribution is 7.17. The molecule has 2 amide bonds. The maximum Gasteiger partial charge on any atom is 0.279 e. The fraction of sp³-hybridized carbons (Fsp3) is 0.200. The lowest BCUT2D eigenvalue weighted by Crippen LogP contribution is -2.17. The Morgan fingerprint density at radius 1 is 1.33 bits per heavy atom. The zero-order valence-corrected chi connectivity index (χ0v) is 14.6. The molecular weight excluding hydrogens is 348 g/mol. The molecule has 0 bridgehead atoms. The average molecular weight is 362 g/mol. The van der Waals surface area contributed by atoms with Crippen molar-refractivity contribution >= 4 is 39.6 Å². The lowest BCUT2D eigenvalue weighted by molar-refractivity contribution is -0.119. The van der Waals surface area contributed by atoms with Crippen LogP contribution in [0.3, 0.4) is 0 Å². The number of thiophene rings is 1. The average Bonchev–Trinajstić information content (AvgIpc) is 3.24. The molecule has 0 saturated carbocycles. The first-order chi connectivity index (χ1) is 11.5. The molecule has 0 aliphatic carbocycles. The minimum atomic E-state index is -0.356. The van der Waals surface area contributed by atoms with Crippen LogP contribution < -0.4 is 10.6 Å². The molecule has 0 spiro atoms. The summed E-state index contributed by atoms with van der Waals surface area (Å²) in [5.74, 6) is 0.155. The van der Waals surface area contributed by atoms with Crippen LogP contribution in [0.4, 0.5) is 5.13 Å². The van der Waals surface area contributed by atoms with E-state index in [1.54, 1.807) is 24.3 Å².